The first kappa shape index (κ1) is 14.8. The number of fused-ring (bicyclic) bond motifs is 3. The molecule has 0 aliphatic carbocycles. The maximum absolute atomic E-state index is 14.7. The van der Waals surface area contributed by atoms with Crippen molar-refractivity contribution in [2.24, 2.45) is 7.05 Å². The Kier molecular flexibility index (Phi) is 3.17. The molecule has 0 radical (unpaired) electrons. The minimum Gasteiger partial charge on any atom is -0.455 e. The SMILES string of the molecule is Cc1cc(F)c2c(oc3c(C)c(F)ccc32)c1-c1cccc[n+]1C. The third kappa shape index (κ3) is 1.96. The minimum atomic E-state index is -0.356. The summed E-state index contributed by atoms with van der Waals surface area (Å²) in [6, 6.07) is 10.3. The van der Waals surface area contributed by atoms with Crippen LogP contribution in [0.25, 0.3) is 33.2 Å². The highest BCUT2D eigenvalue weighted by Crippen LogP contribution is 2.39. The molecule has 0 unspecified atom stereocenters. The average Bonchev–Trinajstić information content (AvgIpc) is 2.93. The first-order chi connectivity index (χ1) is 11.5. The second-order valence-electron chi connectivity index (χ2n) is 6.10. The van der Waals surface area contributed by atoms with Gasteiger partial charge in [0.1, 0.15) is 24.3 Å². The standard InChI is InChI=1S/C20H16F2NO/c1-11-10-15(22)18-13-7-8-14(21)12(2)19(13)24-20(18)17(11)16-6-4-5-9-23(16)3/h4-10H,1-3H3/q+1. The van der Waals surface area contributed by atoms with E-state index >= 15 is 0 Å². The van der Waals surface area contributed by atoms with Crippen molar-refractivity contribution in [1.82, 2.24) is 0 Å². The molecule has 4 heteroatoms. The summed E-state index contributed by atoms with van der Waals surface area (Å²) in [7, 11) is 1.93. The molecule has 4 rings (SSSR count). The van der Waals surface area contributed by atoms with Gasteiger partial charge in [-0.05, 0) is 43.7 Å². The van der Waals surface area contributed by atoms with E-state index in [0.717, 1.165) is 16.8 Å². The highest BCUT2D eigenvalue weighted by molar-refractivity contribution is 6.10. The Hall–Kier alpha value is -2.75. The van der Waals surface area contributed by atoms with Gasteiger partial charge in [0.25, 0.3) is 0 Å². The molecule has 2 nitrogen and oxygen atoms in total. The summed E-state index contributed by atoms with van der Waals surface area (Å²) in [4.78, 5) is 0. The van der Waals surface area contributed by atoms with Crippen molar-refractivity contribution < 1.29 is 17.8 Å². The second kappa shape index (κ2) is 5.13. The van der Waals surface area contributed by atoms with Crippen molar-refractivity contribution >= 4 is 21.9 Å². The lowest BCUT2D eigenvalue weighted by molar-refractivity contribution is -0.660. The second-order valence-corrected chi connectivity index (χ2v) is 6.10. The van der Waals surface area contributed by atoms with Crippen LogP contribution in [0, 0.1) is 25.5 Å². The minimum absolute atomic E-state index is 0.352. The van der Waals surface area contributed by atoms with Gasteiger partial charge < -0.3 is 4.42 Å². The summed E-state index contributed by atoms with van der Waals surface area (Å²) in [5, 5.41) is 0.999. The summed E-state index contributed by atoms with van der Waals surface area (Å²) >= 11 is 0. The van der Waals surface area contributed by atoms with Gasteiger partial charge in [-0.2, -0.15) is 0 Å². The van der Waals surface area contributed by atoms with Crippen molar-refractivity contribution in [2.45, 2.75) is 13.8 Å². The van der Waals surface area contributed by atoms with Crippen LogP contribution in [-0.4, -0.2) is 0 Å². The van der Waals surface area contributed by atoms with Gasteiger partial charge in [-0.25, -0.2) is 13.3 Å². The number of hydrogen-bond acceptors (Lipinski definition) is 1. The molecule has 120 valence electrons. The number of aromatic nitrogens is 1. The topological polar surface area (TPSA) is 17.0 Å². The monoisotopic (exact) mass is 324 g/mol. The summed E-state index contributed by atoms with van der Waals surface area (Å²) in [5.74, 6) is -0.708. The Balaban J connectivity index is 2.23. The molecule has 0 bridgehead atoms. The number of benzene rings is 2. The summed E-state index contributed by atoms with van der Waals surface area (Å²) < 4.78 is 36.5. The van der Waals surface area contributed by atoms with Crippen LogP contribution < -0.4 is 4.57 Å². The van der Waals surface area contributed by atoms with Crippen molar-refractivity contribution in [3.63, 3.8) is 0 Å². The normalized spacial score (nSPS) is 11.5. The summed E-state index contributed by atoms with van der Waals surface area (Å²) in [5.41, 5.74) is 3.76. The third-order valence-electron chi connectivity index (χ3n) is 4.55. The van der Waals surface area contributed by atoms with Crippen LogP contribution in [0.15, 0.2) is 47.0 Å². The summed E-state index contributed by atoms with van der Waals surface area (Å²) in [6.07, 6.45) is 1.93. The van der Waals surface area contributed by atoms with Gasteiger partial charge in [0.05, 0.1) is 10.9 Å². The van der Waals surface area contributed by atoms with Crippen molar-refractivity contribution in [2.75, 3.05) is 0 Å². The number of aryl methyl sites for hydroxylation is 3. The molecular weight excluding hydrogens is 308 g/mol. The zero-order valence-electron chi connectivity index (χ0n) is 13.7. The lowest BCUT2D eigenvalue weighted by Gasteiger charge is -2.06. The third-order valence-corrected chi connectivity index (χ3v) is 4.55. The van der Waals surface area contributed by atoms with Crippen LogP contribution in [0.1, 0.15) is 11.1 Å². The first-order valence-electron chi connectivity index (χ1n) is 7.74. The van der Waals surface area contributed by atoms with Gasteiger partial charge in [-0.1, -0.05) is 0 Å². The lowest BCUT2D eigenvalue weighted by Crippen LogP contribution is -2.30. The molecule has 0 N–H and O–H groups in total. The summed E-state index contributed by atoms with van der Waals surface area (Å²) in [6.45, 7) is 3.50. The smallest absolute Gasteiger partial charge is 0.216 e. The van der Waals surface area contributed by atoms with E-state index < -0.39 is 0 Å². The van der Waals surface area contributed by atoms with Gasteiger partial charge in [-0.3, -0.25) is 0 Å². The number of halogens is 2. The Morgan fingerprint density at radius 3 is 2.50 bits per heavy atom. The first-order valence-corrected chi connectivity index (χ1v) is 7.74. The zero-order chi connectivity index (χ0) is 17.0. The lowest BCUT2D eigenvalue weighted by atomic mass is 9.99. The highest BCUT2D eigenvalue weighted by Gasteiger charge is 2.24. The number of hydrogen-bond donors (Lipinski definition) is 0. The van der Waals surface area contributed by atoms with Gasteiger partial charge >= 0.3 is 0 Å². The van der Waals surface area contributed by atoms with E-state index in [1.165, 1.54) is 12.1 Å². The van der Waals surface area contributed by atoms with Crippen LogP contribution in [0.5, 0.6) is 0 Å². The van der Waals surface area contributed by atoms with Crippen LogP contribution >= 0.6 is 0 Å². The maximum Gasteiger partial charge on any atom is 0.216 e. The van der Waals surface area contributed by atoms with E-state index in [-0.39, 0.29) is 11.6 Å². The Morgan fingerprint density at radius 1 is 0.958 bits per heavy atom. The van der Waals surface area contributed by atoms with Crippen LogP contribution in [-0.2, 0) is 7.05 Å². The number of furan rings is 1. The number of rotatable bonds is 1. The molecule has 0 atom stereocenters. The predicted molar refractivity (Wildman–Crippen MR) is 89.7 cm³/mol. The van der Waals surface area contributed by atoms with Gasteiger partial charge in [0.15, 0.2) is 11.8 Å². The molecule has 2 aromatic heterocycles. The van der Waals surface area contributed by atoms with Crippen molar-refractivity contribution in [1.29, 1.82) is 0 Å². The van der Waals surface area contributed by atoms with E-state index in [9.17, 15) is 8.78 Å². The quantitative estimate of drug-likeness (QED) is 0.452. The van der Waals surface area contributed by atoms with Crippen LogP contribution in [0.4, 0.5) is 8.78 Å². The molecule has 24 heavy (non-hydrogen) atoms. The molecule has 0 saturated carbocycles. The molecule has 0 aliphatic heterocycles. The zero-order valence-corrected chi connectivity index (χ0v) is 13.7. The molecule has 2 aromatic carbocycles. The molecule has 0 saturated heterocycles. The highest BCUT2D eigenvalue weighted by atomic mass is 19.1. The fourth-order valence-electron chi connectivity index (χ4n) is 3.30. The van der Waals surface area contributed by atoms with E-state index in [4.69, 9.17) is 4.42 Å². The molecule has 0 amide bonds. The van der Waals surface area contributed by atoms with E-state index in [1.54, 1.807) is 13.0 Å². The Bertz CT molecular complexity index is 1110. The molecular formula is C20H16F2NO+. The van der Waals surface area contributed by atoms with Gasteiger partial charge in [0.2, 0.25) is 5.69 Å². The number of pyridine rings is 1. The molecule has 4 aromatic rings. The molecule has 0 fully saturated rings. The van der Waals surface area contributed by atoms with Crippen molar-refractivity contribution in [3.05, 3.63) is 65.4 Å². The Labute approximate surface area is 138 Å². The molecule has 0 aliphatic rings. The fraction of sp³-hybridized carbons (Fsp3) is 0.150. The van der Waals surface area contributed by atoms with Crippen molar-refractivity contribution in [3.8, 4) is 11.3 Å². The Morgan fingerprint density at radius 2 is 1.75 bits per heavy atom. The average molecular weight is 324 g/mol. The maximum atomic E-state index is 14.7. The fourth-order valence-corrected chi connectivity index (χ4v) is 3.30. The van der Waals surface area contributed by atoms with Crippen LogP contribution in [0.2, 0.25) is 0 Å². The predicted octanol–water partition coefficient (Wildman–Crippen LogP) is 4.97. The van der Waals surface area contributed by atoms with Gasteiger partial charge in [-0.15, -0.1) is 0 Å². The molecule has 0 spiro atoms. The van der Waals surface area contributed by atoms with Gasteiger partial charge in [0, 0.05) is 23.1 Å². The van der Waals surface area contributed by atoms with E-state index in [0.29, 0.717) is 27.5 Å². The van der Waals surface area contributed by atoms with Crippen LogP contribution in [0.3, 0.4) is 0 Å². The largest absolute Gasteiger partial charge is 0.455 e. The van der Waals surface area contributed by atoms with E-state index in [2.05, 4.69) is 0 Å². The number of nitrogens with zero attached hydrogens (tertiary/aromatic N) is 1. The van der Waals surface area contributed by atoms with E-state index in [1.807, 2.05) is 42.9 Å². The molecule has 2 heterocycles.